The molecule has 1 atom stereocenters. The number of hydrogen-bond donors (Lipinski definition) is 3. The number of aryl methyl sites for hydroxylation is 1. The van der Waals surface area contributed by atoms with Gasteiger partial charge in [-0.2, -0.15) is 17.5 Å². The smallest absolute Gasteiger partial charge is 0.487 e. The van der Waals surface area contributed by atoms with E-state index in [-0.39, 0.29) is 34.0 Å². The number of rotatable bonds is 11. The van der Waals surface area contributed by atoms with Crippen LogP contribution in [-0.2, 0) is 26.2 Å². The largest absolute Gasteiger partial charge is 0.490 e. The van der Waals surface area contributed by atoms with E-state index in [0.29, 0.717) is 36.2 Å². The van der Waals surface area contributed by atoms with Gasteiger partial charge in [0, 0.05) is 47.1 Å². The molecule has 0 unspecified atom stereocenters. The van der Waals surface area contributed by atoms with Crippen LogP contribution in [0.4, 0.5) is 13.2 Å². The number of aromatic nitrogens is 3. The molecule has 3 heterocycles. The molecule has 3 N–H and O–H groups in total. The highest BCUT2D eigenvalue weighted by atomic mass is 35.5. The van der Waals surface area contributed by atoms with Crippen LogP contribution >= 0.6 is 23.2 Å². The number of sulfonamides is 1. The minimum atomic E-state index is -5.08. The van der Waals surface area contributed by atoms with Gasteiger partial charge in [0.2, 0.25) is 15.9 Å². The van der Waals surface area contributed by atoms with Crippen molar-refractivity contribution in [2.75, 3.05) is 26.7 Å². The first kappa shape index (κ1) is 37.9. The average molecular weight is 746 g/mol. The van der Waals surface area contributed by atoms with Crippen molar-refractivity contribution in [3.8, 4) is 11.4 Å². The van der Waals surface area contributed by atoms with Gasteiger partial charge < -0.3 is 25.0 Å². The quantitative estimate of drug-likeness (QED) is 0.177. The first-order valence-electron chi connectivity index (χ1n) is 14.9. The molecule has 2 aromatic heterocycles. The summed E-state index contributed by atoms with van der Waals surface area (Å²) in [4.78, 5) is 30.5. The number of amides is 1. The second kappa shape index (κ2) is 16.2. The third kappa shape index (κ3) is 8.99. The van der Waals surface area contributed by atoms with E-state index in [0.717, 1.165) is 29.7 Å². The Morgan fingerprint density at radius 1 is 1.16 bits per heavy atom. The highest BCUT2D eigenvalue weighted by Gasteiger charge is 2.41. The Labute approximate surface area is 290 Å². The van der Waals surface area contributed by atoms with E-state index in [1.165, 1.54) is 16.4 Å². The van der Waals surface area contributed by atoms with Gasteiger partial charge in [-0.1, -0.05) is 35.3 Å². The molecule has 1 aliphatic heterocycles. The van der Waals surface area contributed by atoms with Gasteiger partial charge in [-0.3, -0.25) is 4.79 Å². The van der Waals surface area contributed by atoms with Crippen molar-refractivity contribution < 1.29 is 41.0 Å². The predicted molar refractivity (Wildman–Crippen MR) is 177 cm³/mol. The molecule has 5 rings (SSSR count). The summed E-state index contributed by atoms with van der Waals surface area (Å²) in [6, 6.07) is 9.62. The fourth-order valence-electron chi connectivity index (χ4n) is 5.13. The lowest BCUT2D eigenvalue weighted by atomic mass is 10.1. The third-order valence-electron chi connectivity index (χ3n) is 7.45. The number of pyridine rings is 1. The second-order valence-electron chi connectivity index (χ2n) is 10.9. The molecule has 12 nitrogen and oxygen atoms in total. The maximum atomic E-state index is 13.8. The lowest BCUT2D eigenvalue weighted by Crippen LogP contribution is -2.46. The first-order chi connectivity index (χ1) is 23.2. The first-order valence-corrected chi connectivity index (χ1v) is 17.1. The number of carbonyl (C=O) groups excluding carboxylic acids is 1. The van der Waals surface area contributed by atoms with Crippen LogP contribution in [0.15, 0.2) is 60.0 Å². The van der Waals surface area contributed by atoms with Gasteiger partial charge >= 0.3 is 12.1 Å². The summed E-state index contributed by atoms with van der Waals surface area (Å²) in [5.41, 5.74) is 2.65. The van der Waals surface area contributed by atoms with Crippen molar-refractivity contribution in [2.24, 2.45) is 0 Å². The number of benzene rings is 2. The summed E-state index contributed by atoms with van der Waals surface area (Å²) < 4.78 is 68.6. The van der Waals surface area contributed by atoms with Crippen LogP contribution in [0.3, 0.4) is 0 Å². The Bertz CT molecular complexity index is 1910. The summed E-state index contributed by atoms with van der Waals surface area (Å²) in [6.07, 6.45) is 1.94. The van der Waals surface area contributed by atoms with Crippen LogP contribution in [0.1, 0.15) is 30.5 Å². The Balaban J connectivity index is 0.000000698. The summed E-state index contributed by atoms with van der Waals surface area (Å²) in [7, 11) is -2.26. The van der Waals surface area contributed by atoms with Crippen molar-refractivity contribution >= 4 is 56.0 Å². The number of aliphatic carboxylic acids is 1. The van der Waals surface area contributed by atoms with E-state index in [1.54, 1.807) is 18.6 Å². The van der Waals surface area contributed by atoms with Crippen molar-refractivity contribution in [1.82, 2.24) is 29.5 Å². The highest BCUT2D eigenvalue weighted by molar-refractivity contribution is 7.89. The minimum Gasteiger partial charge on any atom is -0.487 e. The SMILES string of the molecule is CNCCCNC(=O)[C@@H]1CCCN1S(=O)(=O)c1ccc(Cl)c(COc2cccc3c(-n4ccnc4)cc(C)nc23)c1Cl.O=C(O)C(F)(F)F. The van der Waals surface area contributed by atoms with Gasteiger partial charge in [-0.25, -0.2) is 23.2 Å². The maximum Gasteiger partial charge on any atom is 0.490 e. The van der Waals surface area contributed by atoms with Crippen molar-refractivity contribution in [2.45, 2.75) is 49.9 Å². The molecule has 0 radical (unpaired) electrons. The van der Waals surface area contributed by atoms with Crippen LogP contribution in [0.5, 0.6) is 5.75 Å². The molecule has 4 aromatic rings. The number of carbonyl (C=O) groups is 2. The lowest BCUT2D eigenvalue weighted by Gasteiger charge is -2.24. The summed E-state index contributed by atoms with van der Waals surface area (Å²) in [5, 5.41) is 14.1. The van der Waals surface area contributed by atoms with Gasteiger partial charge in [0.1, 0.15) is 28.8 Å². The van der Waals surface area contributed by atoms with Crippen molar-refractivity contribution in [3.63, 3.8) is 0 Å². The zero-order valence-electron chi connectivity index (χ0n) is 26.3. The van der Waals surface area contributed by atoms with Gasteiger partial charge in [0.05, 0.1) is 17.0 Å². The number of nitrogens with zero attached hydrogens (tertiary/aromatic N) is 4. The molecule has 2 aromatic carbocycles. The molecule has 0 saturated carbocycles. The Kier molecular flexibility index (Phi) is 12.5. The fraction of sp³-hybridized carbons (Fsp3) is 0.355. The van der Waals surface area contributed by atoms with Gasteiger partial charge in [-0.15, -0.1) is 0 Å². The molecular weight excluding hydrogens is 712 g/mol. The number of alkyl halides is 3. The molecule has 49 heavy (non-hydrogen) atoms. The van der Waals surface area contributed by atoms with E-state index in [9.17, 15) is 26.4 Å². The van der Waals surface area contributed by atoms with E-state index in [1.807, 2.05) is 42.9 Å². The highest BCUT2D eigenvalue weighted by Crippen LogP contribution is 2.37. The lowest BCUT2D eigenvalue weighted by molar-refractivity contribution is -0.192. The van der Waals surface area contributed by atoms with Crippen molar-refractivity contribution in [3.05, 3.63) is 76.4 Å². The number of carboxylic acids is 1. The number of imidazole rings is 1. The van der Waals surface area contributed by atoms with Gasteiger partial charge in [0.15, 0.2) is 0 Å². The van der Waals surface area contributed by atoms with Crippen LogP contribution in [0, 0.1) is 6.92 Å². The van der Waals surface area contributed by atoms with E-state index in [2.05, 4.69) is 15.6 Å². The van der Waals surface area contributed by atoms with Crippen molar-refractivity contribution in [1.29, 1.82) is 0 Å². The maximum absolute atomic E-state index is 13.8. The number of carboxylic acid groups (broad SMARTS) is 1. The number of halogens is 5. The van der Waals surface area contributed by atoms with Gasteiger partial charge in [-0.05, 0) is 64.0 Å². The van der Waals surface area contributed by atoms with Crippen LogP contribution in [0.25, 0.3) is 16.6 Å². The standard InChI is InChI=1S/C29H32Cl2N6O4S.C2HF3O2/c1-19-16-24(36-15-13-33-18-36)20-6-3-8-25(28(20)35-19)41-17-21-22(30)9-10-26(27(21)31)42(39,40)37-14-4-7-23(37)29(38)34-12-5-11-32-2;3-2(4,5)1(6)7/h3,6,8-10,13,15-16,18,23,32H,4-5,7,11-12,14,17H2,1-2H3,(H,34,38);(H,6,7)/t23-;/m0./s1. The number of nitrogens with one attached hydrogen (secondary N) is 2. The van der Waals surface area contributed by atoms with E-state index in [4.69, 9.17) is 42.8 Å². The molecule has 1 aliphatic rings. The Morgan fingerprint density at radius 2 is 1.90 bits per heavy atom. The average Bonchev–Trinajstić information content (AvgIpc) is 3.76. The summed E-state index contributed by atoms with van der Waals surface area (Å²) >= 11 is 13.2. The number of hydrogen-bond acceptors (Lipinski definition) is 8. The number of fused-ring (bicyclic) bond motifs is 1. The molecule has 1 saturated heterocycles. The second-order valence-corrected chi connectivity index (χ2v) is 13.5. The van der Waals surface area contributed by atoms with Gasteiger partial charge in [0.25, 0.3) is 0 Å². The van der Waals surface area contributed by atoms with Crippen LogP contribution in [0.2, 0.25) is 10.0 Å². The van der Waals surface area contributed by atoms with E-state index < -0.39 is 28.2 Å². The Morgan fingerprint density at radius 3 is 2.55 bits per heavy atom. The minimum absolute atomic E-state index is 0.0361. The molecule has 1 amide bonds. The topological polar surface area (TPSA) is 156 Å². The molecule has 1 fully saturated rings. The van der Waals surface area contributed by atoms with Crippen LogP contribution in [-0.4, -0.2) is 83.1 Å². The molecular formula is C31H33Cl2F3N6O6S. The third-order valence-corrected chi connectivity index (χ3v) is 10.3. The zero-order valence-corrected chi connectivity index (χ0v) is 28.6. The van der Waals surface area contributed by atoms with E-state index >= 15 is 0 Å². The van der Waals surface area contributed by atoms with Crippen LogP contribution < -0.4 is 15.4 Å². The summed E-state index contributed by atoms with van der Waals surface area (Å²) in [5.74, 6) is -2.57. The predicted octanol–water partition coefficient (Wildman–Crippen LogP) is 5.13. The number of ether oxygens (including phenoxy) is 1. The number of para-hydroxylation sites is 1. The molecule has 0 bridgehead atoms. The molecule has 0 aliphatic carbocycles. The summed E-state index contributed by atoms with van der Waals surface area (Å²) in [6.45, 7) is 3.23. The zero-order chi connectivity index (χ0) is 35.9. The monoisotopic (exact) mass is 744 g/mol. The molecule has 264 valence electrons. The normalized spacial score (nSPS) is 15.1. The molecule has 18 heteroatoms. The fourth-order valence-corrected chi connectivity index (χ4v) is 7.65. The Hall–Kier alpha value is -3.96. The molecule has 0 spiro atoms.